The van der Waals surface area contributed by atoms with E-state index in [4.69, 9.17) is 16.7 Å². The third-order valence-corrected chi connectivity index (χ3v) is 3.58. The van der Waals surface area contributed by atoms with Crippen molar-refractivity contribution in [3.63, 3.8) is 0 Å². The molecule has 5 heteroatoms. The molecule has 0 atom stereocenters. The van der Waals surface area contributed by atoms with Crippen LogP contribution in [0.4, 0.5) is 0 Å². The second-order valence-electron chi connectivity index (χ2n) is 3.58. The standard InChI is InChI=1S/C13H10ClNO2S/c14-10-4-1-3-9(7-10)8-18-12-11(13(16)17)5-2-6-15-12/h1-7H,8H2,(H,16,17). The Labute approximate surface area is 114 Å². The van der Waals surface area contributed by atoms with E-state index in [0.717, 1.165) is 5.56 Å². The van der Waals surface area contributed by atoms with Gasteiger partial charge >= 0.3 is 5.97 Å². The van der Waals surface area contributed by atoms with Crippen molar-refractivity contribution in [2.75, 3.05) is 0 Å². The minimum Gasteiger partial charge on any atom is -0.478 e. The van der Waals surface area contributed by atoms with Crippen LogP contribution in [-0.2, 0) is 5.75 Å². The van der Waals surface area contributed by atoms with Gasteiger partial charge in [0.05, 0.1) is 5.56 Å². The van der Waals surface area contributed by atoms with Gasteiger partial charge in [0.25, 0.3) is 0 Å². The molecule has 0 aliphatic heterocycles. The molecule has 1 aromatic carbocycles. The molecule has 3 nitrogen and oxygen atoms in total. The van der Waals surface area contributed by atoms with E-state index in [1.54, 1.807) is 24.4 Å². The predicted octanol–water partition coefficient (Wildman–Crippen LogP) is 3.73. The van der Waals surface area contributed by atoms with Crippen molar-refractivity contribution in [3.8, 4) is 0 Å². The summed E-state index contributed by atoms with van der Waals surface area (Å²) in [5, 5.41) is 10.2. The molecule has 0 saturated heterocycles. The number of hydrogen-bond acceptors (Lipinski definition) is 3. The van der Waals surface area contributed by atoms with Crippen molar-refractivity contribution in [3.05, 3.63) is 58.7 Å². The lowest BCUT2D eigenvalue weighted by atomic mass is 10.2. The smallest absolute Gasteiger partial charge is 0.338 e. The Morgan fingerprint density at radius 1 is 1.33 bits per heavy atom. The van der Waals surface area contributed by atoms with Crippen LogP contribution in [0.15, 0.2) is 47.6 Å². The summed E-state index contributed by atoms with van der Waals surface area (Å²) >= 11 is 7.28. The van der Waals surface area contributed by atoms with Gasteiger partial charge in [-0.3, -0.25) is 0 Å². The zero-order valence-corrected chi connectivity index (χ0v) is 10.9. The van der Waals surface area contributed by atoms with E-state index in [1.807, 2.05) is 18.2 Å². The molecule has 0 aliphatic carbocycles. The molecule has 1 N–H and O–H groups in total. The van der Waals surface area contributed by atoms with E-state index >= 15 is 0 Å². The highest BCUT2D eigenvalue weighted by molar-refractivity contribution is 7.98. The third-order valence-electron chi connectivity index (χ3n) is 2.27. The molecule has 0 amide bonds. The van der Waals surface area contributed by atoms with Gasteiger partial charge in [-0.15, -0.1) is 11.8 Å². The topological polar surface area (TPSA) is 50.2 Å². The molecule has 18 heavy (non-hydrogen) atoms. The van der Waals surface area contributed by atoms with E-state index in [9.17, 15) is 4.79 Å². The number of carboxylic acids is 1. The van der Waals surface area contributed by atoms with Crippen LogP contribution in [0.1, 0.15) is 15.9 Å². The predicted molar refractivity (Wildman–Crippen MR) is 72.2 cm³/mol. The Bertz CT molecular complexity index is 574. The number of aromatic carboxylic acids is 1. The first-order valence-corrected chi connectivity index (χ1v) is 6.59. The van der Waals surface area contributed by atoms with Crippen LogP contribution in [0.2, 0.25) is 5.02 Å². The summed E-state index contributed by atoms with van der Waals surface area (Å²) < 4.78 is 0. The average molecular weight is 280 g/mol. The van der Waals surface area contributed by atoms with Crippen molar-refractivity contribution in [2.45, 2.75) is 10.8 Å². The average Bonchev–Trinajstić information content (AvgIpc) is 2.37. The summed E-state index contributed by atoms with van der Waals surface area (Å²) in [6.45, 7) is 0. The summed E-state index contributed by atoms with van der Waals surface area (Å²) in [6, 6.07) is 10.6. The first kappa shape index (κ1) is 12.9. The van der Waals surface area contributed by atoms with Crippen molar-refractivity contribution in [1.82, 2.24) is 4.98 Å². The fraction of sp³-hybridized carbons (Fsp3) is 0.0769. The molecule has 0 radical (unpaired) electrons. The van der Waals surface area contributed by atoms with Gasteiger partial charge in [-0.2, -0.15) is 0 Å². The number of carbonyl (C=O) groups is 1. The molecule has 1 heterocycles. The van der Waals surface area contributed by atoms with E-state index in [0.29, 0.717) is 15.8 Å². The van der Waals surface area contributed by atoms with Crippen LogP contribution in [-0.4, -0.2) is 16.1 Å². The number of nitrogens with zero attached hydrogens (tertiary/aromatic N) is 1. The molecule has 2 rings (SSSR count). The maximum absolute atomic E-state index is 11.0. The SMILES string of the molecule is O=C(O)c1cccnc1SCc1cccc(Cl)c1. The summed E-state index contributed by atoms with van der Waals surface area (Å²) in [5.74, 6) is -0.325. The van der Waals surface area contributed by atoms with Crippen LogP contribution in [0.3, 0.4) is 0 Å². The maximum atomic E-state index is 11.0. The highest BCUT2D eigenvalue weighted by Gasteiger charge is 2.10. The fourth-order valence-electron chi connectivity index (χ4n) is 1.45. The number of aromatic nitrogens is 1. The van der Waals surface area contributed by atoms with Gasteiger partial charge < -0.3 is 5.11 Å². The summed E-state index contributed by atoms with van der Waals surface area (Å²) in [7, 11) is 0. The van der Waals surface area contributed by atoms with Crippen LogP contribution in [0, 0.1) is 0 Å². The Kier molecular flexibility index (Phi) is 4.23. The molecule has 0 aliphatic rings. The minimum atomic E-state index is -0.961. The van der Waals surface area contributed by atoms with Gasteiger partial charge in [-0.05, 0) is 29.8 Å². The molecule has 1 aromatic heterocycles. The fourth-order valence-corrected chi connectivity index (χ4v) is 2.59. The lowest BCUT2D eigenvalue weighted by molar-refractivity contribution is 0.0692. The largest absolute Gasteiger partial charge is 0.478 e. The zero-order valence-electron chi connectivity index (χ0n) is 9.34. The normalized spacial score (nSPS) is 10.3. The summed E-state index contributed by atoms with van der Waals surface area (Å²) in [5.41, 5.74) is 1.26. The highest BCUT2D eigenvalue weighted by Crippen LogP contribution is 2.25. The summed E-state index contributed by atoms with van der Waals surface area (Å²) in [6.07, 6.45) is 1.59. The Morgan fingerprint density at radius 3 is 2.89 bits per heavy atom. The second kappa shape index (κ2) is 5.89. The number of thioether (sulfide) groups is 1. The second-order valence-corrected chi connectivity index (χ2v) is 4.98. The molecule has 0 fully saturated rings. The molecule has 0 unspecified atom stereocenters. The molecule has 0 bridgehead atoms. The number of hydrogen-bond donors (Lipinski definition) is 1. The third kappa shape index (κ3) is 3.24. The van der Waals surface area contributed by atoms with Crippen LogP contribution < -0.4 is 0 Å². The maximum Gasteiger partial charge on any atom is 0.338 e. The van der Waals surface area contributed by atoms with Crippen molar-refractivity contribution in [2.24, 2.45) is 0 Å². The first-order valence-electron chi connectivity index (χ1n) is 5.22. The Balaban J connectivity index is 2.13. The number of pyridine rings is 1. The van der Waals surface area contributed by atoms with E-state index in [-0.39, 0.29) is 5.56 Å². The lowest BCUT2D eigenvalue weighted by Gasteiger charge is -2.04. The van der Waals surface area contributed by atoms with E-state index < -0.39 is 5.97 Å². The van der Waals surface area contributed by atoms with Crippen molar-refractivity contribution in [1.29, 1.82) is 0 Å². The number of carboxylic acid groups (broad SMARTS) is 1. The minimum absolute atomic E-state index is 0.226. The Morgan fingerprint density at radius 2 is 2.17 bits per heavy atom. The van der Waals surface area contributed by atoms with Gasteiger partial charge in [0.1, 0.15) is 5.03 Å². The van der Waals surface area contributed by atoms with Gasteiger partial charge in [0.15, 0.2) is 0 Å². The van der Waals surface area contributed by atoms with E-state index in [2.05, 4.69) is 4.98 Å². The van der Waals surface area contributed by atoms with E-state index in [1.165, 1.54) is 11.8 Å². The lowest BCUT2D eigenvalue weighted by Crippen LogP contribution is -2.00. The molecule has 92 valence electrons. The van der Waals surface area contributed by atoms with Gasteiger partial charge in [-0.1, -0.05) is 23.7 Å². The number of halogens is 1. The van der Waals surface area contributed by atoms with Crippen LogP contribution in [0.25, 0.3) is 0 Å². The highest BCUT2D eigenvalue weighted by atomic mass is 35.5. The molecule has 2 aromatic rings. The number of rotatable bonds is 4. The molecular formula is C13H10ClNO2S. The monoisotopic (exact) mass is 279 g/mol. The van der Waals surface area contributed by atoms with Crippen molar-refractivity contribution >= 4 is 29.3 Å². The van der Waals surface area contributed by atoms with Crippen LogP contribution >= 0.6 is 23.4 Å². The van der Waals surface area contributed by atoms with Gasteiger partial charge in [0, 0.05) is 17.0 Å². The van der Waals surface area contributed by atoms with Gasteiger partial charge in [-0.25, -0.2) is 9.78 Å². The van der Waals surface area contributed by atoms with Crippen molar-refractivity contribution < 1.29 is 9.90 Å². The summed E-state index contributed by atoms with van der Waals surface area (Å²) in [4.78, 5) is 15.1. The molecule has 0 spiro atoms. The first-order chi connectivity index (χ1) is 8.66. The van der Waals surface area contributed by atoms with Gasteiger partial charge in [0.2, 0.25) is 0 Å². The quantitative estimate of drug-likeness (QED) is 0.867. The molecular weight excluding hydrogens is 270 g/mol. The zero-order chi connectivity index (χ0) is 13.0. The Hall–Kier alpha value is -1.52. The number of benzene rings is 1. The van der Waals surface area contributed by atoms with Crippen LogP contribution in [0.5, 0.6) is 0 Å². The molecule has 0 saturated carbocycles.